The molecule has 1 amide bonds. The van der Waals surface area contributed by atoms with Gasteiger partial charge in [-0.25, -0.2) is 8.42 Å². The Hall–Kier alpha value is -4.52. The second-order valence-electron chi connectivity index (χ2n) is 6.79. The van der Waals surface area contributed by atoms with Crippen molar-refractivity contribution in [2.75, 3.05) is 16.6 Å². The Balaban J connectivity index is 1.74. The van der Waals surface area contributed by atoms with Crippen molar-refractivity contribution in [3.8, 4) is 5.75 Å². The summed E-state index contributed by atoms with van der Waals surface area (Å²) in [5.74, 6) is -0.241. The van der Waals surface area contributed by atoms with Gasteiger partial charge in [-0.15, -0.1) is 0 Å². The van der Waals surface area contributed by atoms with Crippen LogP contribution in [0.3, 0.4) is 0 Å². The first kappa shape index (κ1) is 24.1. The molecule has 0 saturated heterocycles. The van der Waals surface area contributed by atoms with Gasteiger partial charge in [-0.3, -0.25) is 29.7 Å². The van der Waals surface area contributed by atoms with Crippen molar-refractivity contribution in [3.63, 3.8) is 0 Å². The molecule has 0 fully saturated rings. The van der Waals surface area contributed by atoms with Crippen LogP contribution in [-0.2, 0) is 10.0 Å². The molecule has 2 N–H and O–H groups in total. The molecular weight excluding hydrogens is 468 g/mol. The number of sulfonamides is 1. The van der Waals surface area contributed by atoms with Crippen LogP contribution in [0, 0.1) is 20.2 Å². The van der Waals surface area contributed by atoms with Gasteiger partial charge >= 0.3 is 0 Å². The highest BCUT2D eigenvalue weighted by Crippen LogP contribution is 2.24. The van der Waals surface area contributed by atoms with Crippen LogP contribution in [0.5, 0.6) is 5.75 Å². The lowest BCUT2D eigenvalue weighted by Crippen LogP contribution is -2.14. The van der Waals surface area contributed by atoms with Crippen LogP contribution in [0.15, 0.2) is 71.6 Å². The number of carbonyl (C=O) groups is 1. The Morgan fingerprint density at radius 2 is 1.41 bits per heavy atom. The van der Waals surface area contributed by atoms with Gasteiger partial charge in [0.2, 0.25) is 0 Å². The molecule has 0 aliphatic heterocycles. The van der Waals surface area contributed by atoms with E-state index in [4.69, 9.17) is 4.74 Å². The van der Waals surface area contributed by atoms with Gasteiger partial charge in [0.15, 0.2) is 0 Å². The van der Waals surface area contributed by atoms with E-state index in [0.717, 1.165) is 18.2 Å². The summed E-state index contributed by atoms with van der Waals surface area (Å²) in [6.45, 7) is 2.31. The second-order valence-corrected chi connectivity index (χ2v) is 8.48. The number of amides is 1. The third kappa shape index (κ3) is 5.83. The normalized spacial score (nSPS) is 10.9. The predicted octanol–water partition coefficient (Wildman–Crippen LogP) is 3.95. The number of carbonyl (C=O) groups excluding carboxylic acids is 1. The lowest BCUT2D eigenvalue weighted by Gasteiger charge is -2.10. The third-order valence-electron chi connectivity index (χ3n) is 4.43. The molecule has 0 heterocycles. The quantitative estimate of drug-likeness (QED) is 0.338. The van der Waals surface area contributed by atoms with Gasteiger partial charge in [-0.2, -0.15) is 0 Å². The summed E-state index contributed by atoms with van der Waals surface area (Å²) in [5.41, 5.74) is -1.01. The Labute approximate surface area is 193 Å². The van der Waals surface area contributed by atoms with Crippen molar-refractivity contribution in [3.05, 3.63) is 92.5 Å². The lowest BCUT2D eigenvalue weighted by atomic mass is 10.1. The summed E-state index contributed by atoms with van der Waals surface area (Å²) in [5, 5.41) is 24.4. The molecule has 0 aromatic heterocycles. The van der Waals surface area contributed by atoms with Crippen LogP contribution in [0.2, 0.25) is 0 Å². The Morgan fingerprint density at radius 3 is 1.91 bits per heavy atom. The highest BCUT2D eigenvalue weighted by molar-refractivity contribution is 7.92. The van der Waals surface area contributed by atoms with Crippen molar-refractivity contribution in [2.24, 2.45) is 0 Å². The fourth-order valence-electron chi connectivity index (χ4n) is 2.86. The molecule has 34 heavy (non-hydrogen) atoms. The van der Waals surface area contributed by atoms with Gasteiger partial charge in [0.1, 0.15) is 5.75 Å². The van der Waals surface area contributed by atoms with E-state index in [2.05, 4.69) is 10.0 Å². The van der Waals surface area contributed by atoms with Gasteiger partial charge in [0.05, 0.1) is 33.0 Å². The largest absolute Gasteiger partial charge is 0.494 e. The van der Waals surface area contributed by atoms with Crippen molar-refractivity contribution >= 4 is 38.7 Å². The average molecular weight is 486 g/mol. The maximum absolute atomic E-state index is 12.6. The van der Waals surface area contributed by atoms with E-state index >= 15 is 0 Å². The molecule has 0 aliphatic carbocycles. The summed E-state index contributed by atoms with van der Waals surface area (Å²) >= 11 is 0. The second kappa shape index (κ2) is 9.95. The van der Waals surface area contributed by atoms with E-state index in [0.29, 0.717) is 18.0 Å². The molecule has 13 heteroatoms. The molecule has 0 radical (unpaired) electrons. The number of benzene rings is 3. The summed E-state index contributed by atoms with van der Waals surface area (Å²) in [4.78, 5) is 32.7. The molecule has 0 bridgehead atoms. The Bertz CT molecular complexity index is 1310. The molecule has 3 rings (SSSR count). The van der Waals surface area contributed by atoms with Crippen LogP contribution in [0.4, 0.5) is 22.7 Å². The van der Waals surface area contributed by atoms with Crippen molar-refractivity contribution < 1.29 is 27.8 Å². The zero-order valence-corrected chi connectivity index (χ0v) is 18.4. The monoisotopic (exact) mass is 486 g/mol. The van der Waals surface area contributed by atoms with Crippen LogP contribution >= 0.6 is 0 Å². The van der Waals surface area contributed by atoms with Gasteiger partial charge in [0, 0.05) is 23.5 Å². The number of nitrogens with one attached hydrogen (secondary N) is 2. The molecule has 0 atom stereocenters. The van der Waals surface area contributed by atoms with Crippen LogP contribution in [-0.4, -0.2) is 30.8 Å². The minimum atomic E-state index is -3.92. The van der Waals surface area contributed by atoms with Crippen LogP contribution in [0.1, 0.15) is 17.3 Å². The topological polar surface area (TPSA) is 171 Å². The number of non-ortho nitro benzene ring substituents is 2. The summed E-state index contributed by atoms with van der Waals surface area (Å²) < 4.78 is 33.0. The standard InChI is InChI=1S/C21H18N4O8S/c1-2-33-19-7-3-16(4-8-19)23-34(31,32)20-9-5-15(6-10-20)22-21(26)14-11-17(24(27)28)13-18(12-14)25(29)30/h3-13,23H,2H2,1H3,(H,22,26). The molecule has 3 aromatic rings. The zero-order chi connectivity index (χ0) is 24.9. The Morgan fingerprint density at radius 1 is 0.882 bits per heavy atom. The molecule has 176 valence electrons. The van der Waals surface area contributed by atoms with Crippen LogP contribution in [0.25, 0.3) is 0 Å². The fourth-order valence-corrected chi connectivity index (χ4v) is 3.92. The molecule has 0 aliphatic rings. The summed E-state index contributed by atoms with van der Waals surface area (Å²) in [7, 11) is -3.92. The molecule has 0 saturated carbocycles. The number of hydrogen-bond acceptors (Lipinski definition) is 8. The molecular formula is C21H18N4O8S. The van der Waals surface area contributed by atoms with E-state index in [1.807, 2.05) is 6.92 Å². The minimum absolute atomic E-state index is 0.0784. The summed E-state index contributed by atoms with van der Waals surface area (Å²) in [6.07, 6.45) is 0. The van der Waals surface area contributed by atoms with E-state index in [-0.39, 0.29) is 16.1 Å². The van der Waals surface area contributed by atoms with E-state index < -0.39 is 37.2 Å². The van der Waals surface area contributed by atoms with E-state index in [9.17, 15) is 33.4 Å². The molecule has 0 unspecified atom stereocenters. The van der Waals surface area contributed by atoms with Crippen molar-refractivity contribution in [1.29, 1.82) is 0 Å². The van der Waals surface area contributed by atoms with E-state index in [1.54, 1.807) is 24.3 Å². The van der Waals surface area contributed by atoms with Crippen LogP contribution < -0.4 is 14.8 Å². The average Bonchev–Trinajstić information content (AvgIpc) is 2.80. The first-order chi connectivity index (χ1) is 16.1. The predicted molar refractivity (Wildman–Crippen MR) is 123 cm³/mol. The summed E-state index contributed by atoms with van der Waals surface area (Å²) in [6, 6.07) is 14.0. The number of ether oxygens (including phenoxy) is 1. The smallest absolute Gasteiger partial charge is 0.277 e. The number of nitro benzene ring substituents is 2. The number of rotatable bonds is 9. The maximum Gasteiger partial charge on any atom is 0.277 e. The number of nitro groups is 2. The minimum Gasteiger partial charge on any atom is -0.494 e. The van der Waals surface area contributed by atoms with Gasteiger partial charge in [-0.05, 0) is 55.5 Å². The van der Waals surface area contributed by atoms with Gasteiger partial charge in [-0.1, -0.05) is 0 Å². The number of nitrogens with zero attached hydrogens (tertiary/aromatic N) is 2. The molecule has 12 nitrogen and oxygen atoms in total. The van der Waals surface area contributed by atoms with E-state index in [1.165, 1.54) is 24.3 Å². The SMILES string of the molecule is CCOc1ccc(NS(=O)(=O)c2ccc(NC(=O)c3cc([N+](=O)[O-])cc([N+](=O)[O-])c3)cc2)cc1. The highest BCUT2D eigenvalue weighted by Gasteiger charge is 2.20. The van der Waals surface area contributed by atoms with Gasteiger partial charge < -0.3 is 10.1 Å². The zero-order valence-electron chi connectivity index (χ0n) is 17.6. The molecule has 3 aromatic carbocycles. The van der Waals surface area contributed by atoms with Crippen molar-refractivity contribution in [1.82, 2.24) is 0 Å². The Kier molecular flexibility index (Phi) is 7.06. The first-order valence-corrected chi connectivity index (χ1v) is 11.2. The number of anilines is 2. The lowest BCUT2D eigenvalue weighted by molar-refractivity contribution is -0.394. The van der Waals surface area contributed by atoms with Gasteiger partial charge in [0.25, 0.3) is 27.3 Å². The third-order valence-corrected chi connectivity index (χ3v) is 5.82. The first-order valence-electron chi connectivity index (χ1n) is 9.70. The van der Waals surface area contributed by atoms with Crippen molar-refractivity contribution in [2.45, 2.75) is 11.8 Å². The fraction of sp³-hybridized carbons (Fsp3) is 0.0952. The molecule has 0 spiro atoms. The highest BCUT2D eigenvalue weighted by atomic mass is 32.2. The maximum atomic E-state index is 12.6. The number of hydrogen-bond donors (Lipinski definition) is 2.